The summed E-state index contributed by atoms with van der Waals surface area (Å²) in [5, 5.41) is 25.2. The predicted octanol–water partition coefficient (Wildman–Crippen LogP) is 8.58. The maximum absolute atomic E-state index is 13.6. The molecule has 15 atom stereocenters. The van der Waals surface area contributed by atoms with Crippen molar-refractivity contribution in [1.82, 2.24) is 5.32 Å². The van der Waals surface area contributed by atoms with Crippen molar-refractivity contribution in [2.75, 3.05) is 0 Å². The highest BCUT2D eigenvalue weighted by Crippen LogP contribution is 2.60. The zero-order chi connectivity index (χ0) is 29.7. The van der Waals surface area contributed by atoms with Crippen LogP contribution in [0.1, 0.15) is 125 Å². The Hall–Kier alpha value is -0.330. The molecular formula is C35H60F3NO2. The third-order valence-electron chi connectivity index (χ3n) is 14.0. The Kier molecular flexibility index (Phi) is 9.84. The van der Waals surface area contributed by atoms with Crippen molar-refractivity contribution < 1.29 is 23.4 Å². The van der Waals surface area contributed by atoms with Crippen molar-refractivity contribution in [3.05, 3.63) is 0 Å². The van der Waals surface area contributed by atoms with Gasteiger partial charge in [0.1, 0.15) is 6.23 Å². The summed E-state index contributed by atoms with van der Waals surface area (Å²) in [5.41, 5.74) is 0.333. The molecule has 0 aromatic heterocycles. The van der Waals surface area contributed by atoms with Crippen LogP contribution in [0.15, 0.2) is 0 Å². The van der Waals surface area contributed by atoms with E-state index in [1.54, 1.807) is 6.92 Å². The lowest BCUT2D eigenvalue weighted by atomic mass is 9.58. The van der Waals surface area contributed by atoms with Crippen LogP contribution in [0.5, 0.6) is 0 Å². The van der Waals surface area contributed by atoms with E-state index < -0.39 is 18.3 Å². The average Bonchev–Trinajstić information content (AvgIpc) is 3.18. The van der Waals surface area contributed by atoms with Crippen molar-refractivity contribution in [1.29, 1.82) is 0 Å². The van der Waals surface area contributed by atoms with Gasteiger partial charge in [0.05, 0.1) is 12.0 Å². The van der Waals surface area contributed by atoms with Crippen LogP contribution in [0.3, 0.4) is 0 Å². The molecule has 0 radical (unpaired) electrons. The molecule has 0 aromatic rings. The van der Waals surface area contributed by atoms with Gasteiger partial charge in [-0.1, -0.05) is 41.0 Å². The number of aliphatic hydroxyl groups excluding tert-OH is 2. The summed E-state index contributed by atoms with van der Waals surface area (Å²) < 4.78 is 40.9. The van der Waals surface area contributed by atoms with Crippen LogP contribution in [-0.2, 0) is 0 Å². The third-order valence-corrected chi connectivity index (χ3v) is 14.0. The first kappa shape index (κ1) is 32.1. The molecule has 0 saturated heterocycles. The Morgan fingerprint density at radius 1 is 0.732 bits per heavy atom. The Morgan fingerprint density at radius 3 is 2.17 bits per heavy atom. The monoisotopic (exact) mass is 583 g/mol. The van der Waals surface area contributed by atoms with Gasteiger partial charge in [-0.15, -0.1) is 0 Å². The maximum Gasteiger partial charge on any atom is 0.392 e. The molecule has 0 aliphatic heterocycles. The predicted molar refractivity (Wildman–Crippen MR) is 159 cm³/mol. The highest BCUT2D eigenvalue weighted by Gasteiger charge is 2.52. The van der Waals surface area contributed by atoms with Crippen LogP contribution in [0.2, 0.25) is 0 Å². The van der Waals surface area contributed by atoms with Gasteiger partial charge in [0, 0.05) is 6.04 Å². The number of halogens is 3. The number of hydrogen-bond donors (Lipinski definition) is 3. The van der Waals surface area contributed by atoms with Gasteiger partial charge in [0.2, 0.25) is 0 Å². The lowest BCUT2D eigenvalue weighted by Gasteiger charge is -2.48. The van der Waals surface area contributed by atoms with Crippen LogP contribution >= 0.6 is 0 Å². The summed E-state index contributed by atoms with van der Waals surface area (Å²) in [5.74, 6) is 3.88. The van der Waals surface area contributed by atoms with E-state index in [1.807, 2.05) is 0 Å². The first-order valence-electron chi connectivity index (χ1n) is 17.5. The van der Waals surface area contributed by atoms with E-state index in [0.29, 0.717) is 41.4 Å². The second-order valence-electron chi connectivity index (χ2n) is 16.5. The third kappa shape index (κ3) is 6.85. The van der Waals surface area contributed by atoms with Gasteiger partial charge in [-0.2, -0.15) is 13.2 Å². The van der Waals surface area contributed by atoms with Crippen molar-refractivity contribution in [2.24, 2.45) is 70.5 Å². The van der Waals surface area contributed by atoms with Gasteiger partial charge in [-0.3, -0.25) is 5.32 Å². The van der Waals surface area contributed by atoms with Gasteiger partial charge in [0.15, 0.2) is 0 Å². The summed E-state index contributed by atoms with van der Waals surface area (Å²) in [4.78, 5) is 0. The second-order valence-corrected chi connectivity index (χ2v) is 16.5. The van der Waals surface area contributed by atoms with Crippen LogP contribution in [0.25, 0.3) is 0 Å². The van der Waals surface area contributed by atoms with E-state index in [0.717, 1.165) is 62.7 Å². The fraction of sp³-hybridized carbons (Fsp3) is 1.00. The molecule has 0 heterocycles. The first-order chi connectivity index (χ1) is 19.3. The highest BCUT2D eigenvalue weighted by molar-refractivity contribution is 5.01. The van der Waals surface area contributed by atoms with E-state index in [9.17, 15) is 23.4 Å². The molecule has 41 heavy (non-hydrogen) atoms. The number of hydrogen-bond acceptors (Lipinski definition) is 3. The molecular weight excluding hydrogens is 523 g/mol. The van der Waals surface area contributed by atoms with Crippen molar-refractivity contribution in [3.8, 4) is 0 Å². The molecule has 0 amide bonds. The Balaban J connectivity index is 1.24. The number of fused-ring (bicyclic) bond motifs is 1. The van der Waals surface area contributed by atoms with Crippen LogP contribution in [-0.4, -0.2) is 34.8 Å². The van der Waals surface area contributed by atoms with E-state index in [1.165, 1.54) is 32.1 Å². The molecule has 5 aliphatic carbocycles. The molecule has 5 aliphatic rings. The molecule has 3 nitrogen and oxygen atoms in total. The fourth-order valence-electron chi connectivity index (χ4n) is 11.0. The van der Waals surface area contributed by atoms with Crippen LogP contribution < -0.4 is 5.32 Å². The lowest BCUT2D eigenvalue weighted by Crippen LogP contribution is -2.50. The molecule has 5 saturated carbocycles. The number of aliphatic hydroxyl groups is 2. The second kappa shape index (κ2) is 12.6. The van der Waals surface area contributed by atoms with Crippen molar-refractivity contribution in [2.45, 2.75) is 149 Å². The quantitative estimate of drug-likeness (QED) is 0.224. The van der Waals surface area contributed by atoms with Crippen LogP contribution in [0.4, 0.5) is 13.2 Å². The van der Waals surface area contributed by atoms with E-state index in [2.05, 4.69) is 33.0 Å². The van der Waals surface area contributed by atoms with Crippen molar-refractivity contribution >= 4 is 0 Å². The SMILES string of the molecule is CC1CCC(C)(C2CCC3CC(C)C(C4CC(C(O)NC5CCC(C)C(C(F)(F)F)C5)CCC4C)C3C2)CCC1O. The molecule has 0 aromatic carbocycles. The minimum absolute atomic E-state index is 0.0909. The molecule has 5 fully saturated rings. The molecule has 0 bridgehead atoms. The minimum atomic E-state index is -4.16. The number of rotatable bonds is 5. The highest BCUT2D eigenvalue weighted by atomic mass is 19.4. The number of nitrogens with one attached hydrogen (secondary N) is 1. The van der Waals surface area contributed by atoms with Gasteiger partial charge in [-0.25, -0.2) is 0 Å². The summed E-state index contributed by atoms with van der Waals surface area (Å²) >= 11 is 0. The molecule has 3 N–H and O–H groups in total. The summed E-state index contributed by atoms with van der Waals surface area (Å²) in [6.07, 6.45) is 9.26. The molecule has 5 rings (SSSR count). The summed E-state index contributed by atoms with van der Waals surface area (Å²) in [6, 6.07) is -0.249. The zero-order valence-electron chi connectivity index (χ0n) is 26.5. The smallest absolute Gasteiger partial charge is 0.392 e. The van der Waals surface area contributed by atoms with E-state index in [4.69, 9.17) is 0 Å². The van der Waals surface area contributed by atoms with Gasteiger partial charge < -0.3 is 10.2 Å². The van der Waals surface area contributed by atoms with Crippen LogP contribution in [0, 0.1) is 70.5 Å². The largest absolute Gasteiger partial charge is 0.393 e. The van der Waals surface area contributed by atoms with E-state index >= 15 is 0 Å². The molecule has 0 spiro atoms. The summed E-state index contributed by atoms with van der Waals surface area (Å²) in [7, 11) is 0. The minimum Gasteiger partial charge on any atom is -0.393 e. The Bertz CT molecular complexity index is 853. The first-order valence-corrected chi connectivity index (χ1v) is 17.5. The van der Waals surface area contributed by atoms with E-state index in [-0.39, 0.29) is 30.4 Å². The Labute approximate surface area is 248 Å². The zero-order valence-corrected chi connectivity index (χ0v) is 26.5. The number of alkyl halides is 3. The standard InChI is InChI=1S/C35H60F3NO2/c1-20-6-8-25(33(41)39-27-11-7-21(2)30(19-27)35(36,37)38)17-28(20)32-23(4)16-24-9-10-26(18-29(24)32)34(5)14-12-22(3)31(40)13-15-34/h20-33,39-41H,6-19H2,1-5H3. The van der Waals surface area contributed by atoms with Gasteiger partial charge >= 0.3 is 6.18 Å². The molecule has 238 valence electrons. The van der Waals surface area contributed by atoms with Gasteiger partial charge in [0.25, 0.3) is 0 Å². The summed E-state index contributed by atoms with van der Waals surface area (Å²) in [6.45, 7) is 11.4. The Morgan fingerprint density at radius 2 is 1.44 bits per heavy atom. The maximum atomic E-state index is 13.6. The fourth-order valence-corrected chi connectivity index (χ4v) is 11.0. The van der Waals surface area contributed by atoms with Gasteiger partial charge in [-0.05, 0) is 148 Å². The molecule has 6 heteroatoms. The molecule has 15 unspecified atom stereocenters. The normalized spacial score (nSPS) is 50.6. The topological polar surface area (TPSA) is 52.5 Å². The average molecular weight is 584 g/mol. The van der Waals surface area contributed by atoms with Crippen molar-refractivity contribution in [3.63, 3.8) is 0 Å². The lowest BCUT2D eigenvalue weighted by molar-refractivity contribution is -0.197.